The maximum atomic E-state index is 13.2. The standard InChI is InChI=1S/C24H29F2N5O3/c1-7-34-17(4)22-16(3)19(12-33-13-24(5,25)26)29-23(30-22)28-18-8-9-20(21(10-18)32-6)31-11-15(2)27-14-31/h8-11,14H,4,7,12-13H2,1-3,5-6H3,(H,28,29,30). The van der Waals surface area contributed by atoms with Crippen molar-refractivity contribution in [2.24, 2.45) is 0 Å². The smallest absolute Gasteiger partial charge is 0.268 e. The van der Waals surface area contributed by atoms with E-state index in [2.05, 4.69) is 26.8 Å². The average Bonchev–Trinajstić information content (AvgIpc) is 3.20. The summed E-state index contributed by atoms with van der Waals surface area (Å²) >= 11 is 0. The highest BCUT2D eigenvalue weighted by molar-refractivity contribution is 5.64. The molecule has 3 rings (SSSR count). The predicted molar refractivity (Wildman–Crippen MR) is 126 cm³/mol. The zero-order chi connectivity index (χ0) is 24.9. The van der Waals surface area contributed by atoms with E-state index in [1.54, 1.807) is 26.4 Å². The van der Waals surface area contributed by atoms with Crippen LogP contribution >= 0.6 is 0 Å². The van der Waals surface area contributed by atoms with Gasteiger partial charge in [0, 0.05) is 30.4 Å². The molecule has 0 spiro atoms. The number of halogens is 2. The van der Waals surface area contributed by atoms with Gasteiger partial charge >= 0.3 is 0 Å². The Kier molecular flexibility index (Phi) is 7.83. The summed E-state index contributed by atoms with van der Waals surface area (Å²) in [6, 6.07) is 5.53. The van der Waals surface area contributed by atoms with Crippen LogP contribution in [0.25, 0.3) is 11.4 Å². The van der Waals surface area contributed by atoms with Crippen LogP contribution in [-0.2, 0) is 16.1 Å². The van der Waals surface area contributed by atoms with Crippen molar-refractivity contribution in [3.63, 3.8) is 0 Å². The molecule has 0 saturated carbocycles. The fourth-order valence-electron chi connectivity index (χ4n) is 3.25. The molecule has 182 valence electrons. The number of aromatic nitrogens is 4. The fraction of sp³-hybridized carbons (Fsp3) is 0.375. The zero-order valence-electron chi connectivity index (χ0n) is 20.0. The third-order valence-corrected chi connectivity index (χ3v) is 4.85. The lowest BCUT2D eigenvalue weighted by Gasteiger charge is -2.17. The number of rotatable bonds is 11. The van der Waals surface area contributed by atoms with E-state index in [0.717, 1.165) is 18.3 Å². The van der Waals surface area contributed by atoms with Crippen LogP contribution in [0.15, 0.2) is 37.3 Å². The average molecular weight is 474 g/mol. The first kappa shape index (κ1) is 25.1. The number of ether oxygens (including phenoxy) is 3. The molecule has 0 aliphatic carbocycles. The number of methoxy groups -OCH3 is 1. The van der Waals surface area contributed by atoms with E-state index < -0.39 is 12.5 Å². The van der Waals surface area contributed by atoms with Crippen LogP contribution in [0.2, 0.25) is 0 Å². The molecule has 3 aromatic rings. The number of anilines is 2. The van der Waals surface area contributed by atoms with Crippen LogP contribution in [0.1, 0.15) is 36.5 Å². The van der Waals surface area contributed by atoms with E-state index in [4.69, 9.17) is 14.2 Å². The number of imidazole rings is 1. The molecule has 0 amide bonds. The van der Waals surface area contributed by atoms with E-state index in [1.165, 1.54) is 0 Å². The molecule has 0 atom stereocenters. The Morgan fingerprint density at radius 3 is 2.62 bits per heavy atom. The lowest BCUT2D eigenvalue weighted by atomic mass is 10.1. The fourth-order valence-corrected chi connectivity index (χ4v) is 3.25. The summed E-state index contributed by atoms with van der Waals surface area (Å²) in [7, 11) is 1.58. The first-order valence-corrected chi connectivity index (χ1v) is 10.7. The van der Waals surface area contributed by atoms with Crippen molar-refractivity contribution in [2.75, 3.05) is 25.6 Å². The van der Waals surface area contributed by atoms with Crippen molar-refractivity contribution in [1.29, 1.82) is 0 Å². The Morgan fingerprint density at radius 1 is 1.24 bits per heavy atom. The third-order valence-electron chi connectivity index (χ3n) is 4.85. The van der Waals surface area contributed by atoms with Crippen LogP contribution < -0.4 is 10.1 Å². The highest BCUT2D eigenvalue weighted by Crippen LogP contribution is 2.29. The minimum Gasteiger partial charge on any atom is -0.494 e. The lowest BCUT2D eigenvalue weighted by Crippen LogP contribution is -2.19. The predicted octanol–water partition coefficient (Wildman–Crippen LogP) is 5.21. The molecule has 34 heavy (non-hydrogen) atoms. The number of nitrogens with one attached hydrogen (secondary N) is 1. The second-order valence-corrected chi connectivity index (χ2v) is 7.82. The number of nitrogens with zero attached hydrogens (tertiary/aromatic N) is 4. The highest BCUT2D eigenvalue weighted by atomic mass is 19.3. The molecule has 0 bridgehead atoms. The maximum Gasteiger partial charge on any atom is 0.268 e. The van der Waals surface area contributed by atoms with Crippen molar-refractivity contribution < 1.29 is 23.0 Å². The van der Waals surface area contributed by atoms with Crippen LogP contribution in [0.3, 0.4) is 0 Å². The van der Waals surface area contributed by atoms with Gasteiger partial charge in [0.25, 0.3) is 5.92 Å². The summed E-state index contributed by atoms with van der Waals surface area (Å²) in [5, 5.41) is 3.15. The van der Waals surface area contributed by atoms with Crippen molar-refractivity contribution in [3.05, 3.63) is 59.9 Å². The van der Waals surface area contributed by atoms with Crippen molar-refractivity contribution in [1.82, 2.24) is 19.5 Å². The van der Waals surface area contributed by atoms with Gasteiger partial charge in [-0.1, -0.05) is 6.58 Å². The quantitative estimate of drug-likeness (QED) is 0.383. The van der Waals surface area contributed by atoms with Crippen LogP contribution in [0, 0.1) is 13.8 Å². The monoisotopic (exact) mass is 473 g/mol. The summed E-state index contributed by atoms with van der Waals surface area (Å²) in [6.07, 6.45) is 3.60. The molecule has 0 radical (unpaired) electrons. The number of hydrogen-bond donors (Lipinski definition) is 1. The van der Waals surface area contributed by atoms with E-state index in [9.17, 15) is 8.78 Å². The van der Waals surface area contributed by atoms with Crippen LogP contribution in [-0.4, -0.2) is 45.8 Å². The van der Waals surface area contributed by atoms with Gasteiger partial charge < -0.3 is 24.1 Å². The molecular weight excluding hydrogens is 444 g/mol. The summed E-state index contributed by atoms with van der Waals surface area (Å²) in [6.45, 7) is 9.83. The van der Waals surface area contributed by atoms with Gasteiger partial charge in [0.15, 0.2) is 0 Å². The number of hydrogen-bond acceptors (Lipinski definition) is 7. The molecule has 8 nitrogen and oxygen atoms in total. The van der Waals surface area contributed by atoms with Crippen LogP contribution in [0.4, 0.5) is 20.4 Å². The molecule has 0 saturated heterocycles. The number of aryl methyl sites for hydroxylation is 1. The van der Waals surface area contributed by atoms with E-state index in [-0.39, 0.29) is 12.6 Å². The number of benzene rings is 1. The molecule has 1 N–H and O–H groups in total. The van der Waals surface area contributed by atoms with Gasteiger partial charge in [-0.2, -0.15) is 0 Å². The second kappa shape index (κ2) is 10.6. The van der Waals surface area contributed by atoms with Crippen molar-refractivity contribution in [2.45, 2.75) is 40.2 Å². The lowest BCUT2D eigenvalue weighted by molar-refractivity contribution is -0.0680. The normalized spacial score (nSPS) is 11.4. The molecule has 2 aromatic heterocycles. The SMILES string of the molecule is C=C(OCC)c1nc(Nc2ccc(-n3cnc(C)c3)c(OC)c2)nc(COCC(C)(F)F)c1C. The van der Waals surface area contributed by atoms with Crippen LogP contribution in [0.5, 0.6) is 5.75 Å². The minimum absolute atomic E-state index is 0.110. The Hall–Kier alpha value is -3.53. The topological polar surface area (TPSA) is 83.3 Å². The summed E-state index contributed by atoms with van der Waals surface area (Å²) in [4.78, 5) is 13.3. The summed E-state index contributed by atoms with van der Waals surface area (Å²) < 4.78 is 44.6. The number of alkyl halides is 2. The second-order valence-electron chi connectivity index (χ2n) is 7.82. The van der Waals surface area contributed by atoms with Crippen molar-refractivity contribution >= 4 is 17.4 Å². The van der Waals surface area contributed by atoms with Gasteiger partial charge in [-0.25, -0.2) is 23.7 Å². The minimum atomic E-state index is -2.94. The largest absolute Gasteiger partial charge is 0.494 e. The molecule has 0 aliphatic heterocycles. The van der Waals surface area contributed by atoms with Crippen molar-refractivity contribution in [3.8, 4) is 11.4 Å². The summed E-state index contributed by atoms with van der Waals surface area (Å²) in [5.41, 5.74) is 3.94. The highest BCUT2D eigenvalue weighted by Gasteiger charge is 2.22. The van der Waals surface area contributed by atoms with Gasteiger partial charge in [-0.15, -0.1) is 0 Å². The molecule has 10 heteroatoms. The Morgan fingerprint density at radius 2 is 2.00 bits per heavy atom. The molecule has 0 fully saturated rings. The van der Waals surface area contributed by atoms with Gasteiger partial charge in [-0.05, 0) is 32.9 Å². The summed E-state index contributed by atoms with van der Waals surface area (Å²) in [5.74, 6) is -1.72. The molecule has 2 heterocycles. The Bertz CT molecular complexity index is 1160. The first-order valence-electron chi connectivity index (χ1n) is 10.7. The third kappa shape index (κ3) is 6.28. The maximum absolute atomic E-state index is 13.2. The van der Waals surface area contributed by atoms with E-state index in [0.29, 0.717) is 40.8 Å². The Labute approximate surface area is 197 Å². The van der Waals surface area contributed by atoms with Gasteiger partial charge in [-0.3, -0.25) is 0 Å². The van der Waals surface area contributed by atoms with Gasteiger partial charge in [0.05, 0.1) is 43.7 Å². The molecular formula is C24H29F2N5O3. The van der Waals surface area contributed by atoms with Gasteiger partial charge in [0.1, 0.15) is 23.8 Å². The molecule has 0 aliphatic rings. The van der Waals surface area contributed by atoms with E-state index in [1.807, 2.05) is 36.7 Å². The zero-order valence-corrected chi connectivity index (χ0v) is 20.0. The van der Waals surface area contributed by atoms with Gasteiger partial charge in [0.2, 0.25) is 5.95 Å². The first-order chi connectivity index (χ1) is 16.1. The Balaban J connectivity index is 1.92. The molecule has 1 aromatic carbocycles. The molecule has 0 unspecified atom stereocenters. The van der Waals surface area contributed by atoms with E-state index >= 15 is 0 Å².